The Bertz CT molecular complexity index is 259. The molecule has 0 atom stereocenters. The smallest absolute Gasteiger partial charge is 0.206 e. The fourth-order valence-corrected chi connectivity index (χ4v) is 1.82. The van der Waals surface area contributed by atoms with E-state index in [0.29, 0.717) is 0 Å². The molecule has 1 rings (SSSR count). The molecule has 1 heterocycles. The minimum Gasteiger partial charge on any atom is -0.355 e. The number of hydrogen-bond donors (Lipinski definition) is 1. The van der Waals surface area contributed by atoms with E-state index in [-0.39, 0.29) is 5.54 Å². The first-order valence-electron chi connectivity index (χ1n) is 3.81. The predicted octanol–water partition coefficient (Wildman–Crippen LogP) is 2.90. The van der Waals surface area contributed by atoms with Crippen molar-refractivity contribution < 1.29 is 0 Å². The third-order valence-corrected chi connectivity index (χ3v) is 3.00. The van der Waals surface area contributed by atoms with Crippen molar-refractivity contribution in [3.05, 3.63) is 3.92 Å². The second-order valence-corrected chi connectivity index (χ2v) is 5.48. The van der Waals surface area contributed by atoms with Crippen LogP contribution >= 0.6 is 27.3 Å². The highest BCUT2D eigenvalue weighted by Gasteiger charge is 2.16. The molecule has 0 aliphatic rings. The molecule has 0 radical (unpaired) electrons. The lowest BCUT2D eigenvalue weighted by Gasteiger charge is -2.23. The van der Waals surface area contributed by atoms with E-state index in [4.69, 9.17) is 0 Å². The van der Waals surface area contributed by atoms with Crippen LogP contribution in [0.4, 0.5) is 5.13 Å². The van der Waals surface area contributed by atoms with E-state index in [1.807, 2.05) is 0 Å². The number of hydrogen-bond acceptors (Lipinski definition) is 4. The fraction of sp³-hybridized carbons (Fsp3) is 0.714. The van der Waals surface area contributed by atoms with Crippen LogP contribution in [0.25, 0.3) is 0 Å². The van der Waals surface area contributed by atoms with Crippen molar-refractivity contribution in [1.29, 1.82) is 0 Å². The van der Waals surface area contributed by atoms with Gasteiger partial charge < -0.3 is 5.32 Å². The van der Waals surface area contributed by atoms with E-state index in [1.54, 1.807) is 0 Å². The first kappa shape index (κ1) is 9.92. The van der Waals surface area contributed by atoms with Gasteiger partial charge in [0.1, 0.15) is 0 Å². The normalized spacial score (nSPS) is 11.7. The summed E-state index contributed by atoms with van der Waals surface area (Å²) < 4.78 is 0.817. The number of halogens is 1. The van der Waals surface area contributed by atoms with E-state index in [1.165, 1.54) is 11.3 Å². The largest absolute Gasteiger partial charge is 0.355 e. The van der Waals surface area contributed by atoms with Gasteiger partial charge in [-0.2, -0.15) is 0 Å². The number of rotatable bonds is 3. The zero-order chi connectivity index (χ0) is 9.19. The molecule has 0 aromatic carbocycles. The van der Waals surface area contributed by atoms with Gasteiger partial charge in [-0.15, -0.1) is 10.2 Å². The van der Waals surface area contributed by atoms with E-state index in [2.05, 4.69) is 52.2 Å². The minimum atomic E-state index is 0.0962. The first-order chi connectivity index (χ1) is 5.53. The minimum absolute atomic E-state index is 0.0962. The van der Waals surface area contributed by atoms with Crippen LogP contribution in [0.15, 0.2) is 3.92 Å². The van der Waals surface area contributed by atoms with Gasteiger partial charge in [-0.1, -0.05) is 18.3 Å². The third-order valence-electron chi connectivity index (χ3n) is 1.73. The van der Waals surface area contributed by atoms with Gasteiger partial charge in [0.25, 0.3) is 0 Å². The summed E-state index contributed by atoms with van der Waals surface area (Å²) in [5.74, 6) is 0. The number of nitrogens with one attached hydrogen (secondary N) is 1. The lowest BCUT2D eigenvalue weighted by atomic mass is 10.0. The van der Waals surface area contributed by atoms with E-state index in [0.717, 1.165) is 15.5 Å². The summed E-state index contributed by atoms with van der Waals surface area (Å²) in [5, 5.41) is 12.0. The van der Waals surface area contributed by atoms with E-state index >= 15 is 0 Å². The highest BCUT2D eigenvalue weighted by molar-refractivity contribution is 9.11. The maximum absolute atomic E-state index is 3.96. The fourth-order valence-electron chi connectivity index (χ4n) is 0.634. The highest BCUT2D eigenvalue weighted by Crippen LogP contribution is 2.24. The molecule has 0 unspecified atom stereocenters. The maximum Gasteiger partial charge on any atom is 0.206 e. The Morgan fingerprint density at radius 2 is 2.17 bits per heavy atom. The first-order valence-corrected chi connectivity index (χ1v) is 5.41. The van der Waals surface area contributed by atoms with Crippen LogP contribution in [-0.4, -0.2) is 15.7 Å². The molecule has 0 spiro atoms. The zero-order valence-electron chi connectivity index (χ0n) is 7.39. The van der Waals surface area contributed by atoms with Gasteiger partial charge in [0.15, 0.2) is 3.92 Å². The summed E-state index contributed by atoms with van der Waals surface area (Å²) in [4.78, 5) is 0. The molecule has 0 saturated carbocycles. The topological polar surface area (TPSA) is 37.8 Å². The molecular formula is C7H12BrN3S. The van der Waals surface area contributed by atoms with Gasteiger partial charge in [-0.3, -0.25) is 0 Å². The van der Waals surface area contributed by atoms with Crippen molar-refractivity contribution in [2.24, 2.45) is 0 Å². The number of aromatic nitrogens is 2. The Kier molecular flexibility index (Phi) is 3.06. The SMILES string of the molecule is CCC(C)(C)Nc1nnc(Br)s1. The lowest BCUT2D eigenvalue weighted by Crippen LogP contribution is -2.29. The van der Waals surface area contributed by atoms with Crippen LogP contribution in [-0.2, 0) is 0 Å². The van der Waals surface area contributed by atoms with Crippen LogP contribution in [0.2, 0.25) is 0 Å². The standard InChI is InChI=1S/C7H12BrN3S/c1-4-7(2,3)9-6-11-10-5(8)12-6/h4H2,1-3H3,(H,9,11). The van der Waals surface area contributed by atoms with E-state index < -0.39 is 0 Å². The van der Waals surface area contributed by atoms with Gasteiger partial charge in [0, 0.05) is 5.54 Å². The Balaban J connectivity index is 2.63. The number of anilines is 1. The molecule has 1 aromatic rings. The molecule has 0 amide bonds. The molecule has 1 aromatic heterocycles. The average molecular weight is 250 g/mol. The number of nitrogens with zero attached hydrogens (tertiary/aromatic N) is 2. The van der Waals surface area contributed by atoms with Gasteiger partial charge >= 0.3 is 0 Å². The summed E-state index contributed by atoms with van der Waals surface area (Å²) in [7, 11) is 0. The molecule has 5 heteroatoms. The summed E-state index contributed by atoms with van der Waals surface area (Å²) in [5.41, 5.74) is 0.0962. The molecule has 68 valence electrons. The predicted molar refractivity (Wildman–Crippen MR) is 55.6 cm³/mol. The second kappa shape index (κ2) is 3.70. The van der Waals surface area contributed by atoms with Gasteiger partial charge in [-0.25, -0.2) is 0 Å². The van der Waals surface area contributed by atoms with Crippen molar-refractivity contribution in [3.8, 4) is 0 Å². The summed E-state index contributed by atoms with van der Waals surface area (Å²) in [6.07, 6.45) is 1.06. The van der Waals surface area contributed by atoms with Crippen LogP contribution in [0.1, 0.15) is 27.2 Å². The van der Waals surface area contributed by atoms with Gasteiger partial charge in [0.05, 0.1) is 0 Å². The van der Waals surface area contributed by atoms with Crippen LogP contribution in [0.5, 0.6) is 0 Å². The molecular weight excluding hydrogens is 238 g/mol. The van der Waals surface area contributed by atoms with Crippen molar-refractivity contribution in [2.45, 2.75) is 32.7 Å². The summed E-state index contributed by atoms with van der Waals surface area (Å²) in [6.45, 7) is 6.42. The Labute approximate surface area is 84.7 Å². The Morgan fingerprint density at radius 3 is 2.58 bits per heavy atom. The maximum atomic E-state index is 3.96. The molecule has 3 nitrogen and oxygen atoms in total. The average Bonchev–Trinajstić information content (AvgIpc) is 2.35. The molecule has 0 saturated heterocycles. The van der Waals surface area contributed by atoms with Crippen LogP contribution < -0.4 is 5.32 Å². The van der Waals surface area contributed by atoms with E-state index in [9.17, 15) is 0 Å². The molecule has 0 aliphatic carbocycles. The van der Waals surface area contributed by atoms with Crippen molar-refractivity contribution >= 4 is 32.4 Å². The molecule has 0 fully saturated rings. The molecule has 0 bridgehead atoms. The Morgan fingerprint density at radius 1 is 1.50 bits per heavy atom. The van der Waals surface area contributed by atoms with Gasteiger partial charge in [-0.05, 0) is 36.2 Å². The summed E-state index contributed by atoms with van der Waals surface area (Å²) >= 11 is 4.78. The molecule has 1 N–H and O–H groups in total. The van der Waals surface area contributed by atoms with Crippen molar-refractivity contribution in [3.63, 3.8) is 0 Å². The third kappa shape index (κ3) is 2.71. The monoisotopic (exact) mass is 249 g/mol. The second-order valence-electron chi connectivity index (χ2n) is 3.22. The summed E-state index contributed by atoms with van der Waals surface area (Å²) in [6, 6.07) is 0. The van der Waals surface area contributed by atoms with Crippen molar-refractivity contribution in [1.82, 2.24) is 10.2 Å². The quantitative estimate of drug-likeness (QED) is 0.896. The van der Waals surface area contributed by atoms with Gasteiger partial charge in [0.2, 0.25) is 5.13 Å². The highest BCUT2D eigenvalue weighted by atomic mass is 79.9. The molecule has 0 aliphatic heterocycles. The van der Waals surface area contributed by atoms with Crippen LogP contribution in [0, 0.1) is 0 Å². The Hall–Kier alpha value is -0.160. The van der Waals surface area contributed by atoms with Crippen LogP contribution in [0.3, 0.4) is 0 Å². The lowest BCUT2D eigenvalue weighted by molar-refractivity contribution is 0.546. The van der Waals surface area contributed by atoms with Crippen molar-refractivity contribution in [2.75, 3.05) is 5.32 Å². The molecule has 12 heavy (non-hydrogen) atoms. The zero-order valence-corrected chi connectivity index (χ0v) is 9.79.